The van der Waals surface area contributed by atoms with E-state index < -0.39 is 24.7 Å². The molecule has 0 saturated carbocycles. The predicted molar refractivity (Wildman–Crippen MR) is 54.0 cm³/mol. The van der Waals surface area contributed by atoms with Gasteiger partial charge < -0.3 is 25.4 Å². The van der Waals surface area contributed by atoms with Crippen LogP contribution in [-0.2, 0) is 9.47 Å². The van der Waals surface area contributed by atoms with Crippen LogP contribution >= 0.6 is 0 Å². The molecule has 0 spiro atoms. The fourth-order valence-electron chi connectivity index (χ4n) is 1.56. The first-order valence-corrected chi connectivity index (χ1v) is 4.84. The van der Waals surface area contributed by atoms with E-state index in [0.717, 1.165) is 0 Å². The molecule has 1 saturated heterocycles. The predicted octanol–water partition coefficient (Wildman–Crippen LogP) is -2.21. The molecule has 9 heteroatoms. The van der Waals surface area contributed by atoms with E-state index in [-0.39, 0.29) is 11.7 Å². The molecule has 1 aromatic heterocycles. The Morgan fingerprint density at radius 1 is 1.59 bits per heavy atom. The number of hydrogen-bond donors (Lipinski definition) is 4. The van der Waals surface area contributed by atoms with E-state index in [0.29, 0.717) is 0 Å². The molecule has 0 unspecified atom stereocenters. The Morgan fingerprint density at radius 2 is 2.29 bits per heavy atom. The molecule has 2 heterocycles. The van der Waals surface area contributed by atoms with Crippen molar-refractivity contribution < 1.29 is 19.7 Å². The van der Waals surface area contributed by atoms with Crippen LogP contribution in [0, 0.1) is 5.41 Å². The Balaban J connectivity index is 2.19. The summed E-state index contributed by atoms with van der Waals surface area (Å²) in [4.78, 5) is 3.76. The van der Waals surface area contributed by atoms with Gasteiger partial charge in [-0.15, -0.1) is 5.10 Å². The maximum absolute atomic E-state index is 9.73. The van der Waals surface area contributed by atoms with E-state index >= 15 is 0 Å². The number of hydrogen-bond acceptors (Lipinski definition) is 7. The van der Waals surface area contributed by atoms with Crippen molar-refractivity contribution in [3.63, 3.8) is 0 Å². The first-order chi connectivity index (χ1) is 8.04. The van der Waals surface area contributed by atoms with Crippen LogP contribution in [-0.4, -0.2) is 56.4 Å². The van der Waals surface area contributed by atoms with E-state index in [1.54, 1.807) is 0 Å². The number of rotatable bonds is 3. The second kappa shape index (κ2) is 4.37. The molecule has 1 aliphatic rings. The summed E-state index contributed by atoms with van der Waals surface area (Å²) in [5.74, 6) is -0.267. The quantitative estimate of drug-likeness (QED) is 0.348. The van der Waals surface area contributed by atoms with Crippen LogP contribution in [0.5, 0.6) is 0 Å². The highest BCUT2D eigenvalue weighted by molar-refractivity contribution is 5.90. The standard InChI is InChI=1S/C8H13N5O4/c1-16-8-4(15)3(14)7(17-8)13-2-11-6(12-13)5(9)10/h2-4,7-8,14-15H,1H3,(H3,9,10)/t3-,4+,7-,8+/m1/s1. The van der Waals surface area contributed by atoms with Gasteiger partial charge in [0.15, 0.2) is 18.4 Å². The third kappa shape index (κ3) is 2.00. The average molecular weight is 243 g/mol. The highest BCUT2D eigenvalue weighted by atomic mass is 16.7. The Hall–Kier alpha value is -1.55. The molecule has 4 atom stereocenters. The van der Waals surface area contributed by atoms with E-state index in [1.807, 2.05) is 0 Å². The van der Waals surface area contributed by atoms with E-state index in [4.69, 9.17) is 20.6 Å². The second-order valence-electron chi connectivity index (χ2n) is 3.57. The Kier molecular flexibility index (Phi) is 3.07. The third-order valence-electron chi connectivity index (χ3n) is 2.44. The van der Waals surface area contributed by atoms with E-state index in [1.165, 1.54) is 18.1 Å². The lowest BCUT2D eigenvalue weighted by molar-refractivity contribution is -0.163. The van der Waals surface area contributed by atoms with Gasteiger partial charge in [0, 0.05) is 7.11 Å². The fraction of sp³-hybridized carbons (Fsp3) is 0.625. The average Bonchev–Trinajstić information content (AvgIpc) is 2.87. The first kappa shape index (κ1) is 11.9. The zero-order valence-corrected chi connectivity index (χ0v) is 9.02. The molecule has 9 nitrogen and oxygen atoms in total. The fourth-order valence-corrected chi connectivity index (χ4v) is 1.56. The van der Waals surface area contributed by atoms with Crippen molar-refractivity contribution in [2.45, 2.75) is 24.7 Å². The van der Waals surface area contributed by atoms with Gasteiger partial charge >= 0.3 is 0 Å². The molecule has 94 valence electrons. The zero-order valence-electron chi connectivity index (χ0n) is 9.02. The molecule has 5 N–H and O–H groups in total. The van der Waals surface area contributed by atoms with Gasteiger partial charge in [-0.05, 0) is 0 Å². The monoisotopic (exact) mass is 243 g/mol. The van der Waals surface area contributed by atoms with Gasteiger partial charge in [0.1, 0.15) is 18.5 Å². The van der Waals surface area contributed by atoms with Gasteiger partial charge in [-0.25, -0.2) is 9.67 Å². The molecule has 2 rings (SSSR count). The smallest absolute Gasteiger partial charge is 0.215 e. The number of nitrogens with zero attached hydrogens (tertiary/aromatic N) is 3. The molecular weight excluding hydrogens is 230 g/mol. The molecule has 0 aromatic carbocycles. The number of aliphatic hydroxyl groups is 2. The number of aromatic nitrogens is 3. The topological polar surface area (TPSA) is 140 Å². The number of ether oxygens (including phenoxy) is 2. The number of amidine groups is 1. The molecule has 0 bridgehead atoms. The third-order valence-corrected chi connectivity index (χ3v) is 2.44. The van der Waals surface area contributed by atoms with Crippen molar-refractivity contribution in [3.05, 3.63) is 12.2 Å². The maximum Gasteiger partial charge on any atom is 0.215 e. The minimum absolute atomic E-state index is 0.0242. The van der Waals surface area contributed by atoms with Gasteiger partial charge in [0.05, 0.1) is 0 Å². The number of nitrogens with two attached hydrogens (primary N) is 1. The zero-order chi connectivity index (χ0) is 12.6. The number of nitrogens with one attached hydrogen (secondary N) is 1. The van der Waals surface area contributed by atoms with Crippen molar-refractivity contribution in [2.75, 3.05) is 7.11 Å². The summed E-state index contributed by atoms with van der Waals surface area (Å²) in [7, 11) is 1.35. The van der Waals surface area contributed by atoms with Crippen molar-refractivity contribution in [3.8, 4) is 0 Å². The molecule has 1 aliphatic heterocycles. The van der Waals surface area contributed by atoms with E-state index in [9.17, 15) is 10.2 Å². The molecule has 17 heavy (non-hydrogen) atoms. The minimum Gasteiger partial charge on any atom is -0.385 e. The summed E-state index contributed by atoms with van der Waals surface area (Å²) in [5.41, 5.74) is 5.21. The number of aliphatic hydroxyl groups excluding tert-OH is 2. The normalized spacial score (nSPS) is 32.9. The van der Waals surface area contributed by atoms with Gasteiger partial charge in [-0.2, -0.15) is 0 Å². The van der Waals surface area contributed by atoms with Crippen LogP contribution in [0.2, 0.25) is 0 Å². The van der Waals surface area contributed by atoms with Crippen molar-refractivity contribution in [2.24, 2.45) is 5.73 Å². The van der Waals surface area contributed by atoms with Crippen molar-refractivity contribution in [1.29, 1.82) is 5.41 Å². The van der Waals surface area contributed by atoms with Crippen LogP contribution in [0.1, 0.15) is 12.1 Å². The van der Waals surface area contributed by atoms with Crippen LogP contribution in [0.3, 0.4) is 0 Å². The largest absolute Gasteiger partial charge is 0.385 e. The van der Waals surface area contributed by atoms with Crippen molar-refractivity contribution in [1.82, 2.24) is 14.8 Å². The molecular formula is C8H13N5O4. The van der Waals surface area contributed by atoms with Crippen molar-refractivity contribution >= 4 is 5.84 Å². The summed E-state index contributed by atoms with van der Waals surface area (Å²) >= 11 is 0. The first-order valence-electron chi connectivity index (χ1n) is 4.84. The molecule has 1 aromatic rings. The Morgan fingerprint density at radius 3 is 2.76 bits per heavy atom. The summed E-state index contributed by atoms with van der Waals surface area (Å²) in [6.07, 6.45) is -2.96. The molecule has 1 fully saturated rings. The minimum atomic E-state index is -1.19. The van der Waals surface area contributed by atoms with Gasteiger partial charge in [0.25, 0.3) is 0 Å². The molecule has 0 amide bonds. The number of methoxy groups -OCH3 is 1. The highest BCUT2D eigenvalue weighted by Gasteiger charge is 2.44. The summed E-state index contributed by atoms with van der Waals surface area (Å²) in [6.45, 7) is 0. The molecule has 0 aliphatic carbocycles. The van der Waals surface area contributed by atoms with Gasteiger partial charge in [-0.1, -0.05) is 0 Å². The van der Waals surface area contributed by atoms with E-state index in [2.05, 4.69) is 10.1 Å². The van der Waals surface area contributed by atoms with Crippen LogP contribution in [0.15, 0.2) is 6.33 Å². The SMILES string of the molecule is CO[C@H]1O[C@@H](n2cnc(C(=N)N)n2)[C@H](O)[C@@H]1O. The van der Waals surface area contributed by atoms with Crippen LogP contribution in [0.25, 0.3) is 0 Å². The Labute approximate surface area is 96.3 Å². The Bertz CT molecular complexity index is 422. The summed E-state index contributed by atoms with van der Waals surface area (Å²) in [6, 6.07) is 0. The second-order valence-corrected chi connectivity index (χ2v) is 3.57. The lowest BCUT2D eigenvalue weighted by atomic mass is 10.2. The summed E-state index contributed by atoms with van der Waals surface area (Å²) in [5, 5.41) is 30.3. The summed E-state index contributed by atoms with van der Waals surface area (Å²) < 4.78 is 11.3. The van der Waals surface area contributed by atoms with Gasteiger partial charge in [0.2, 0.25) is 5.82 Å². The number of nitrogen functional groups attached to an aromatic ring is 1. The molecule has 0 radical (unpaired) electrons. The highest BCUT2D eigenvalue weighted by Crippen LogP contribution is 2.28. The lowest BCUT2D eigenvalue weighted by Crippen LogP contribution is -2.32. The van der Waals surface area contributed by atoms with Crippen LogP contribution < -0.4 is 5.73 Å². The van der Waals surface area contributed by atoms with Crippen LogP contribution in [0.4, 0.5) is 0 Å². The maximum atomic E-state index is 9.73. The van der Waals surface area contributed by atoms with Gasteiger partial charge in [-0.3, -0.25) is 5.41 Å². The lowest BCUT2D eigenvalue weighted by Gasteiger charge is -2.13.